The van der Waals surface area contributed by atoms with E-state index in [0.29, 0.717) is 37.6 Å². The van der Waals surface area contributed by atoms with E-state index in [2.05, 4.69) is 5.16 Å². The molecule has 6 heteroatoms. The van der Waals surface area contributed by atoms with Crippen molar-refractivity contribution in [3.05, 3.63) is 17.5 Å². The third kappa shape index (κ3) is 3.41. The van der Waals surface area contributed by atoms with E-state index >= 15 is 0 Å². The summed E-state index contributed by atoms with van der Waals surface area (Å²) in [4.78, 5) is 28.4. The highest BCUT2D eigenvalue weighted by Crippen LogP contribution is 2.39. The van der Waals surface area contributed by atoms with E-state index < -0.39 is 0 Å². The Kier molecular flexibility index (Phi) is 4.41. The van der Waals surface area contributed by atoms with E-state index in [9.17, 15) is 9.59 Å². The van der Waals surface area contributed by atoms with E-state index in [4.69, 9.17) is 4.52 Å². The lowest BCUT2D eigenvalue weighted by Gasteiger charge is -2.33. The summed E-state index contributed by atoms with van der Waals surface area (Å²) in [6.45, 7) is 5.22. The van der Waals surface area contributed by atoms with Crippen LogP contribution in [0.5, 0.6) is 0 Å². The van der Waals surface area contributed by atoms with Crippen molar-refractivity contribution in [3.8, 4) is 0 Å². The fourth-order valence-electron chi connectivity index (χ4n) is 2.99. The quantitative estimate of drug-likeness (QED) is 0.854. The molecule has 1 saturated carbocycles. The molecule has 0 atom stereocenters. The second kappa shape index (κ2) is 6.34. The van der Waals surface area contributed by atoms with Gasteiger partial charge in [0.05, 0.1) is 5.69 Å². The van der Waals surface area contributed by atoms with E-state index in [1.165, 1.54) is 0 Å². The van der Waals surface area contributed by atoms with Crippen LogP contribution in [0.3, 0.4) is 0 Å². The van der Waals surface area contributed by atoms with Crippen LogP contribution in [0.2, 0.25) is 0 Å². The molecule has 1 aromatic heterocycles. The molecule has 0 bridgehead atoms. The lowest BCUT2D eigenvalue weighted by molar-refractivity contribution is -0.137. The Hall–Kier alpha value is -1.85. The highest BCUT2D eigenvalue weighted by Gasteiger charge is 2.33. The van der Waals surface area contributed by atoms with Gasteiger partial charge in [0.15, 0.2) is 0 Å². The van der Waals surface area contributed by atoms with Gasteiger partial charge in [-0.25, -0.2) is 0 Å². The van der Waals surface area contributed by atoms with Gasteiger partial charge in [0.1, 0.15) is 0 Å². The first kappa shape index (κ1) is 16.0. The molecule has 1 saturated heterocycles. The summed E-state index contributed by atoms with van der Waals surface area (Å²) >= 11 is 0. The molecule has 6 nitrogen and oxygen atoms in total. The second-order valence-electron chi connectivity index (χ2n) is 7.00. The molecule has 2 aliphatic rings. The molecule has 2 heterocycles. The lowest BCUT2D eigenvalue weighted by atomic mass is 9.95. The number of hydrogen-bond acceptors (Lipinski definition) is 4. The van der Waals surface area contributed by atoms with Gasteiger partial charge in [0.25, 0.3) is 5.91 Å². The smallest absolute Gasteiger partial charge is 0.292 e. The van der Waals surface area contributed by atoms with Crippen LogP contribution >= 0.6 is 0 Å². The van der Waals surface area contributed by atoms with Crippen molar-refractivity contribution in [2.45, 2.75) is 51.5 Å². The number of nitrogens with zero attached hydrogens (tertiary/aromatic N) is 3. The summed E-state index contributed by atoms with van der Waals surface area (Å²) in [6, 6.07) is 1.99. The third-order valence-electron chi connectivity index (χ3n) is 4.99. The molecule has 0 N–H and O–H groups in total. The average Bonchev–Trinajstić information content (AvgIpc) is 3.30. The van der Waals surface area contributed by atoms with Gasteiger partial charge < -0.3 is 14.3 Å². The summed E-state index contributed by atoms with van der Waals surface area (Å²) in [7, 11) is 1.85. The molecule has 126 valence electrons. The topological polar surface area (TPSA) is 66.7 Å². The number of rotatable bonds is 4. The Labute approximate surface area is 136 Å². The molecule has 0 spiro atoms. The highest BCUT2D eigenvalue weighted by molar-refractivity contribution is 5.91. The predicted octanol–water partition coefficient (Wildman–Crippen LogP) is 2.27. The maximum Gasteiger partial charge on any atom is 0.292 e. The Morgan fingerprint density at radius 2 is 1.91 bits per heavy atom. The van der Waals surface area contributed by atoms with E-state index in [-0.39, 0.29) is 23.8 Å². The molecular weight excluding hydrogens is 294 g/mol. The van der Waals surface area contributed by atoms with Crippen molar-refractivity contribution in [3.63, 3.8) is 0 Å². The summed E-state index contributed by atoms with van der Waals surface area (Å²) in [5, 5.41) is 4.00. The van der Waals surface area contributed by atoms with E-state index in [1.54, 1.807) is 15.9 Å². The number of hydrogen-bond donors (Lipinski definition) is 0. The maximum absolute atomic E-state index is 12.5. The van der Waals surface area contributed by atoms with Crippen molar-refractivity contribution < 1.29 is 14.1 Å². The minimum Gasteiger partial charge on any atom is -0.351 e. The van der Waals surface area contributed by atoms with Gasteiger partial charge in [0, 0.05) is 44.1 Å². The van der Waals surface area contributed by atoms with Crippen LogP contribution < -0.4 is 0 Å². The highest BCUT2D eigenvalue weighted by atomic mass is 16.5. The number of aromatic nitrogens is 1. The summed E-state index contributed by atoms with van der Waals surface area (Å²) in [5.41, 5.74) is 0.900. The van der Waals surface area contributed by atoms with Gasteiger partial charge >= 0.3 is 0 Å². The summed E-state index contributed by atoms with van der Waals surface area (Å²) in [6.07, 6.45) is 3.70. The summed E-state index contributed by atoms with van der Waals surface area (Å²) in [5.74, 6) is 0.907. The van der Waals surface area contributed by atoms with Crippen LogP contribution in [-0.2, 0) is 4.79 Å². The van der Waals surface area contributed by atoms with E-state index in [1.807, 2.05) is 20.9 Å². The fraction of sp³-hybridized carbons (Fsp3) is 0.706. The molecule has 23 heavy (non-hydrogen) atoms. The molecule has 1 aliphatic carbocycles. The van der Waals surface area contributed by atoms with Crippen molar-refractivity contribution in [1.29, 1.82) is 0 Å². The van der Waals surface area contributed by atoms with Crippen LogP contribution in [-0.4, -0.2) is 52.9 Å². The standard InChI is InChI=1S/C17H25N3O3/c1-11(2)19(3)16(21)13-6-8-20(9-7-13)17(22)15-10-14(18-23-15)12-4-5-12/h10-13H,4-9H2,1-3H3. The maximum atomic E-state index is 12.5. The minimum absolute atomic E-state index is 0.0169. The van der Waals surface area contributed by atoms with Gasteiger partial charge in [-0.05, 0) is 39.5 Å². The van der Waals surface area contributed by atoms with Crippen LogP contribution in [0.25, 0.3) is 0 Å². The largest absolute Gasteiger partial charge is 0.351 e. The molecule has 2 amide bonds. The molecule has 1 aliphatic heterocycles. The number of carbonyl (C=O) groups is 2. The van der Waals surface area contributed by atoms with Crippen molar-refractivity contribution >= 4 is 11.8 Å². The Balaban J connectivity index is 1.55. The predicted molar refractivity (Wildman–Crippen MR) is 85.0 cm³/mol. The van der Waals surface area contributed by atoms with Gasteiger partial charge in [-0.2, -0.15) is 0 Å². The number of likely N-dealkylation sites (tertiary alicyclic amines) is 1. The van der Waals surface area contributed by atoms with Gasteiger partial charge in [-0.15, -0.1) is 0 Å². The van der Waals surface area contributed by atoms with Crippen molar-refractivity contribution in [1.82, 2.24) is 15.0 Å². The van der Waals surface area contributed by atoms with Crippen molar-refractivity contribution in [2.24, 2.45) is 5.92 Å². The second-order valence-corrected chi connectivity index (χ2v) is 7.00. The van der Waals surface area contributed by atoms with Crippen LogP contribution in [0.4, 0.5) is 0 Å². The van der Waals surface area contributed by atoms with Gasteiger partial charge in [-0.1, -0.05) is 5.16 Å². The zero-order valence-corrected chi connectivity index (χ0v) is 14.1. The first-order valence-electron chi connectivity index (χ1n) is 8.50. The van der Waals surface area contributed by atoms with Crippen LogP contribution in [0, 0.1) is 5.92 Å². The molecule has 0 unspecified atom stereocenters. The fourth-order valence-corrected chi connectivity index (χ4v) is 2.99. The first-order chi connectivity index (χ1) is 11.0. The number of piperidine rings is 1. The number of amides is 2. The molecule has 2 fully saturated rings. The van der Waals surface area contributed by atoms with E-state index in [0.717, 1.165) is 18.5 Å². The van der Waals surface area contributed by atoms with Crippen molar-refractivity contribution in [2.75, 3.05) is 20.1 Å². The molecule has 0 radical (unpaired) electrons. The Bertz CT molecular complexity index is 584. The minimum atomic E-state index is -0.104. The normalized spacial score (nSPS) is 19.2. The number of carbonyl (C=O) groups excluding carboxylic acids is 2. The monoisotopic (exact) mass is 319 g/mol. The van der Waals surface area contributed by atoms with Crippen LogP contribution in [0.1, 0.15) is 61.7 Å². The van der Waals surface area contributed by atoms with Crippen LogP contribution in [0.15, 0.2) is 10.6 Å². The molecule has 3 rings (SSSR count). The molecule has 0 aromatic carbocycles. The summed E-state index contributed by atoms with van der Waals surface area (Å²) < 4.78 is 5.21. The lowest BCUT2D eigenvalue weighted by Crippen LogP contribution is -2.45. The zero-order chi connectivity index (χ0) is 16.6. The molecule has 1 aromatic rings. The zero-order valence-electron chi connectivity index (χ0n) is 14.1. The molecular formula is C17H25N3O3. The first-order valence-corrected chi connectivity index (χ1v) is 8.50. The average molecular weight is 319 g/mol. The van der Waals surface area contributed by atoms with Gasteiger partial charge in [-0.3, -0.25) is 9.59 Å². The Morgan fingerprint density at radius 1 is 1.26 bits per heavy atom. The SMILES string of the molecule is CC(C)N(C)C(=O)C1CCN(C(=O)c2cc(C3CC3)no2)CC1. The Morgan fingerprint density at radius 3 is 2.48 bits per heavy atom. The van der Waals surface area contributed by atoms with Gasteiger partial charge in [0.2, 0.25) is 11.7 Å². The third-order valence-corrected chi connectivity index (χ3v) is 4.99.